The summed E-state index contributed by atoms with van der Waals surface area (Å²) in [7, 11) is 0. The summed E-state index contributed by atoms with van der Waals surface area (Å²) < 4.78 is 1.97. The van der Waals surface area contributed by atoms with Gasteiger partial charge in [0.1, 0.15) is 6.17 Å². The fraction of sp³-hybridized carbons (Fsp3) is 0.545. The fourth-order valence-electron chi connectivity index (χ4n) is 2.05. The van der Waals surface area contributed by atoms with E-state index in [1.54, 1.807) is 0 Å². The molecule has 1 atom stereocenters. The highest BCUT2D eigenvalue weighted by atomic mass is 16.1. The summed E-state index contributed by atoms with van der Waals surface area (Å²) >= 11 is 0. The largest absolute Gasteiger partial charge is 0.332 e. The van der Waals surface area contributed by atoms with Crippen molar-refractivity contribution in [2.75, 3.05) is 13.1 Å². The maximum Gasteiger partial charge on any atom is 0.157 e. The van der Waals surface area contributed by atoms with Gasteiger partial charge in [-0.2, -0.15) is 0 Å². The van der Waals surface area contributed by atoms with Gasteiger partial charge in [0.15, 0.2) is 6.29 Å². The van der Waals surface area contributed by atoms with Crippen LogP contribution in [0.2, 0.25) is 0 Å². The third kappa shape index (κ3) is 1.87. The van der Waals surface area contributed by atoms with E-state index < -0.39 is 0 Å². The molecule has 14 heavy (non-hydrogen) atoms. The second-order valence-electron chi connectivity index (χ2n) is 3.78. The molecule has 2 rings (SSSR count). The zero-order valence-corrected chi connectivity index (χ0v) is 8.30. The van der Waals surface area contributed by atoms with Crippen LogP contribution in [0.15, 0.2) is 24.5 Å². The number of aromatic nitrogens is 1. The molecular formula is C11H16N2O. The summed E-state index contributed by atoms with van der Waals surface area (Å²) in [5.74, 6) is 0. The van der Waals surface area contributed by atoms with Crippen molar-refractivity contribution in [3.63, 3.8) is 0 Å². The van der Waals surface area contributed by atoms with Crippen molar-refractivity contribution in [3.05, 3.63) is 24.5 Å². The molecule has 0 N–H and O–H groups in total. The summed E-state index contributed by atoms with van der Waals surface area (Å²) in [5, 5.41) is 0. The molecule has 0 bridgehead atoms. The Balaban J connectivity index is 2.08. The van der Waals surface area contributed by atoms with Gasteiger partial charge in [-0.1, -0.05) is 6.42 Å². The summed E-state index contributed by atoms with van der Waals surface area (Å²) in [4.78, 5) is 13.3. The van der Waals surface area contributed by atoms with E-state index in [1.807, 2.05) is 29.1 Å². The molecule has 3 nitrogen and oxygen atoms in total. The Kier molecular flexibility index (Phi) is 2.99. The molecule has 0 radical (unpaired) electrons. The first-order valence-electron chi connectivity index (χ1n) is 5.23. The maximum atomic E-state index is 11.0. The van der Waals surface area contributed by atoms with Crippen LogP contribution in [0.5, 0.6) is 0 Å². The van der Waals surface area contributed by atoms with E-state index >= 15 is 0 Å². The average molecular weight is 192 g/mol. The van der Waals surface area contributed by atoms with Gasteiger partial charge in [0.2, 0.25) is 0 Å². The first-order chi connectivity index (χ1) is 6.92. The minimum absolute atomic E-state index is 0.0923. The highest BCUT2D eigenvalue weighted by Gasteiger charge is 2.20. The number of hydrogen-bond donors (Lipinski definition) is 0. The SMILES string of the molecule is O=CC(N1CCCCC1)n1cccc1. The first-order valence-corrected chi connectivity index (χ1v) is 5.23. The molecule has 76 valence electrons. The Labute approximate surface area is 84.3 Å². The highest BCUT2D eigenvalue weighted by Crippen LogP contribution is 2.17. The van der Waals surface area contributed by atoms with E-state index in [0.717, 1.165) is 19.4 Å². The predicted molar refractivity (Wildman–Crippen MR) is 55.0 cm³/mol. The van der Waals surface area contributed by atoms with Gasteiger partial charge in [0.05, 0.1) is 0 Å². The van der Waals surface area contributed by atoms with E-state index in [0.29, 0.717) is 0 Å². The molecule has 1 aromatic rings. The smallest absolute Gasteiger partial charge is 0.157 e. The van der Waals surface area contributed by atoms with E-state index in [2.05, 4.69) is 4.90 Å². The normalized spacial score (nSPS) is 20.6. The summed E-state index contributed by atoms with van der Waals surface area (Å²) in [6.07, 6.45) is 8.57. The highest BCUT2D eigenvalue weighted by molar-refractivity contribution is 5.55. The van der Waals surface area contributed by atoms with Gasteiger partial charge in [0, 0.05) is 25.5 Å². The average Bonchev–Trinajstić information content (AvgIpc) is 2.74. The molecule has 1 unspecified atom stereocenters. The summed E-state index contributed by atoms with van der Waals surface area (Å²) in [5.41, 5.74) is 0. The molecule has 1 aliphatic rings. The third-order valence-corrected chi connectivity index (χ3v) is 2.82. The van der Waals surface area contributed by atoms with Crippen LogP contribution in [0, 0.1) is 0 Å². The number of aldehydes is 1. The third-order valence-electron chi connectivity index (χ3n) is 2.82. The van der Waals surface area contributed by atoms with E-state index in [4.69, 9.17) is 0 Å². The number of carbonyl (C=O) groups excluding carboxylic acids is 1. The molecule has 0 saturated carbocycles. The monoisotopic (exact) mass is 192 g/mol. The quantitative estimate of drug-likeness (QED) is 0.681. The second kappa shape index (κ2) is 4.42. The number of rotatable bonds is 3. The Morgan fingerprint density at radius 3 is 2.29 bits per heavy atom. The fourth-order valence-corrected chi connectivity index (χ4v) is 2.05. The minimum Gasteiger partial charge on any atom is -0.332 e. The minimum atomic E-state index is -0.0923. The lowest BCUT2D eigenvalue weighted by Crippen LogP contribution is -2.37. The maximum absolute atomic E-state index is 11.0. The van der Waals surface area contributed by atoms with Crippen molar-refractivity contribution < 1.29 is 4.79 Å². The van der Waals surface area contributed by atoms with Gasteiger partial charge in [-0.3, -0.25) is 9.69 Å². The van der Waals surface area contributed by atoms with Gasteiger partial charge in [-0.15, -0.1) is 0 Å². The van der Waals surface area contributed by atoms with Crippen LogP contribution >= 0.6 is 0 Å². The van der Waals surface area contributed by atoms with Crippen LogP contribution in [0.25, 0.3) is 0 Å². The number of likely N-dealkylation sites (tertiary alicyclic amines) is 1. The lowest BCUT2D eigenvalue weighted by atomic mass is 10.1. The number of nitrogens with zero attached hydrogens (tertiary/aromatic N) is 2. The predicted octanol–water partition coefficient (Wildman–Crippen LogP) is 1.67. The first kappa shape index (κ1) is 9.46. The Hall–Kier alpha value is -1.09. The van der Waals surface area contributed by atoms with Crippen LogP contribution in [0.1, 0.15) is 25.4 Å². The van der Waals surface area contributed by atoms with E-state index in [1.165, 1.54) is 19.3 Å². The molecule has 0 spiro atoms. The van der Waals surface area contributed by atoms with Crippen LogP contribution in [0.4, 0.5) is 0 Å². The van der Waals surface area contributed by atoms with Crippen molar-refractivity contribution in [2.24, 2.45) is 0 Å². The van der Waals surface area contributed by atoms with Gasteiger partial charge in [0.25, 0.3) is 0 Å². The molecular weight excluding hydrogens is 176 g/mol. The van der Waals surface area contributed by atoms with E-state index in [-0.39, 0.29) is 6.17 Å². The van der Waals surface area contributed by atoms with Crippen molar-refractivity contribution in [2.45, 2.75) is 25.4 Å². The number of carbonyl (C=O) groups is 1. The molecule has 3 heteroatoms. The van der Waals surface area contributed by atoms with Crippen LogP contribution in [-0.2, 0) is 4.79 Å². The van der Waals surface area contributed by atoms with Gasteiger partial charge in [-0.25, -0.2) is 0 Å². The second-order valence-corrected chi connectivity index (χ2v) is 3.78. The molecule has 1 fully saturated rings. The number of piperidine rings is 1. The topological polar surface area (TPSA) is 25.2 Å². The Morgan fingerprint density at radius 1 is 1.07 bits per heavy atom. The summed E-state index contributed by atoms with van der Waals surface area (Å²) in [6, 6.07) is 3.92. The van der Waals surface area contributed by atoms with Gasteiger partial charge in [-0.05, 0) is 25.0 Å². The van der Waals surface area contributed by atoms with Crippen molar-refractivity contribution >= 4 is 6.29 Å². The molecule has 0 aliphatic carbocycles. The standard InChI is InChI=1S/C11H16N2O/c14-10-11(13-8-4-5-9-13)12-6-2-1-3-7-12/h4-5,8-11H,1-3,6-7H2. The van der Waals surface area contributed by atoms with Crippen molar-refractivity contribution in [1.82, 2.24) is 9.47 Å². The van der Waals surface area contributed by atoms with Crippen LogP contribution in [0.3, 0.4) is 0 Å². The zero-order chi connectivity index (χ0) is 9.80. The molecule has 0 aromatic carbocycles. The molecule has 0 amide bonds. The van der Waals surface area contributed by atoms with Crippen LogP contribution in [-0.4, -0.2) is 28.8 Å². The van der Waals surface area contributed by atoms with Crippen molar-refractivity contribution in [1.29, 1.82) is 0 Å². The zero-order valence-electron chi connectivity index (χ0n) is 8.30. The van der Waals surface area contributed by atoms with E-state index in [9.17, 15) is 4.79 Å². The lowest BCUT2D eigenvalue weighted by Gasteiger charge is -2.31. The van der Waals surface area contributed by atoms with Gasteiger partial charge >= 0.3 is 0 Å². The molecule has 1 aliphatic heterocycles. The van der Waals surface area contributed by atoms with Gasteiger partial charge < -0.3 is 4.57 Å². The Morgan fingerprint density at radius 2 is 1.71 bits per heavy atom. The molecule has 2 heterocycles. The van der Waals surface area contributed by atoms with Crippen molar-refractivity contribution in [3.8, 4) is 0 Å². The molecule has 1 saturated heterocycles. The lowest BCUT2D eigenvalue weighted by molar-refractivity contribution is -0.115. The number of hydrogen-bond acceptors (Lipinski definition) is 2. The summed E-state index contributed by atoms with van der Waals surface area (Å²) in [6.45, 7) is 2.09. The van der Waals surface area contributed by atoms with Crippen LogP contribution < -0.4 is 0 Å². The molecule has 1 aromatic heterocycles. The Bertz CT molecular complexity index is 275.